The van der Waals surface area contributed by atoms with E-state index in [2.05, 4.69) is 6.58 Å². The minimum absolute atomic E-state index is 0.361. The summed E-state index contributed by atoms with van der Waals surface area (Å²) in [5.41, 5.74) is 3.71. The SMILES string of the molecule is C=C(/C(N)=C\C=C/C)C(F)(F)F. The highest BCUT2D eigenvalue weighted by atomic mass is 19.4. The van der Waals surface area contributed by atoms with Crippen molar-refractivity contribution in [1.82, 2.24) is 0 Å². The molecule has 0 aliphatic rings. The Balaban J connectivity index is 4.51. The molecule has 0 atom stereocenters. The molecule has 2 N–H and O–H groups in total. The zero-order chi connectivity index (χ0) is 9.78. The standard InChI is InChI=1S/C8H10F3N/c1-3-4-5-7(12)6(2)8(9,10)11/h3-5H,2,12H2,1H3/b4-3-,7-5+. The fourth-order valence-electron chi connectivity index (χ4n) is 0.464. The first-order valence-electron chi connectivity index (χ1n) is 3.24. The van der Waals surface area contributed by atoms with Gasteiger partial charge in [-0.2, -0.15) is 13.2 Å². The summed E-state index contributed by atoms with van der Waals surface area (Å²) in [6, 6.07) is 0. The van der Waals surface area contributed by atoms with Crippen molar-refractivity contribution in [3.63, 3.8) is 0 Å². The summed E-state index contributed by atoms with van der Waals surface area (Å²) in [5.74, 6) is 0. The molecule has 0 saturated carbocycles. The third-order valence-corrected chi connectivity index (χ3v) is 1.16. The summed E-state index contributed by atoms with van der Waals surface area (Å²) in [5, 5.41) is 0. The largest absolute Gasteiger partial charge is 0.417 e. The van der Waals surface area contributed by atoms with Gasteiger partial charge in [0.2, 0.25) is 0 Å². The Labute approximate surface area is 69.1 Å². The molecule has 0 fully saturated rings. The molecule has 1 nitrogen and oxygen atoms in total. The third kappa shape index (κ3) is 3.27. The molecule has 0 heterocycles. The Morgan fingerprint density at radius 1 is 1.42 bits per heavy atom. The van der Waals surface area contributed by atoms with Crippen LogP contribution < -0.4 is 5.73 Å². The lowest BCUT2D eigenvalue weighted by Crippen LogP contribution is -2.16. The van der Waals surface area contributed by atoms with Crippen molar-refractivity contribution in [2.75, 3.05) is 0 Å². The number of halogens is 3. The first kappa shape index (κ1) is 10.8. The molecular formula is C8H10F3N. The van der Waals surface area contributed by atoms with Gasteiger partial charge in [-0.15, -0.1) is 0 Å². The topological polar surface area (TPSA) is 26.0 Å². The lowest BCUT2D eigenvalue weighted by Gasteiger charge is -2.08. The molecule has 0 aromatic rings. The van der Waals surface area contributed by atoms with Gasteiger partial charge < -0.3 is 5.73 Å². The van der Waals surface area contributed by atoms with Crippen molar-refractivity contribution in [2.24, 2.45) is 5.73 Å². The minimum atomic E-state index is -4.44. The summed E-state index contributed by atoms with van der Waals surface area (Å²) in [6.45, 7) is 4.51. The Morgan fingerprint density at radius 3 is 2.25 bits per heavy atom. The molecule has 68 valence electrons. The zero-order valence-corrected chi connectivity index (χ0v) is 6.65. The molecule has 12 heavy (non-hydrogen) atoms. The van der Waals surface area contributed by atoms with Gasteiger partial charge in [0.05, 0.1) is 5.57 Å². The second-order valence-electron chi connectivity index (χ2n) is 2.12. The third-order valence-electron chi connectivity index (χ3n) is 1.16. The summed E-state index contributed by atoms with van der Waals surface area (Å²) in [4.78, 5) is 0. The molecule has 0 amide bonds. The van der Waals surface area contributed by atoms with Gasteiger partial charge in [-0.05, 0) is 13.0 Å². The van der Waals surface area contributed by atoms with Crippen LogP contribution in [0.2, 0.25) is 0 Å². The van der Waals surface area contributed by atoms with Crippen LogP contribution in [0.5, 0.6) is 0 Å². The van der Waals surface area contributed by atoms with Gasteiger partial charge in [-0.3, -0.25) is 0 Å². The highest BCUT2D eigenvalue weighted by molar-refractivity contribution is 5.31. The van der Waals surface area contributed by atoms with E-state index in [4.69, 9.17) is 5.73 Å². The molecule has 0 spiro atoms. The summed E-state index contributed by atoms with van der Waals surface area (Å²) < 4.78 is 35.6. The molecule has 0 radical (unpaired) electrons. The van der Waals surface area contributed by atoms with Crippen molar-refractivity contribution in [3.05, 3.63) is 36.1 Å². The van der Waals surface area contributed by atoms with E-state index in [-0.39, 0.29) is 5.70 Å². The Morgan fingerprint density at radius 2 is 1.92 bits per heavy atom. The normalized spacial score (nSPS) is 13.8. The van der Waals surface area contributed by atoms with Crippen LogP contribution in [0, 0.1) is 0 Å². The van der Waals surface area contributed by atoms with E-state index in [0.717, 1.165) is 6.08 Å². The molecule has 0 unspecified atom stereocenters. The number of hydrogen-bond acceptors (Lipinski definition) is 1. The van der Waals surface area contributed by atoms with Crippen LogP contribution >= 0.6 is 0 Å². The fourth-order valence-corrected chi connectivity index (χ4v) is 0.464. The lowest BCUT2D eigenvalue weighted by atomic mass is 10.2. The Kier molecular flexibility index (Phi) is 3.60. The van der Waals surface area contributed by atoms with E-state index in [1.54, 1.807) is 13.0 Å². The van der Waals surface area contributed by atoms with Gasteiger partial charge in [0.15, 0.2) is 0 Å². The van der Waals surface area contributed by atoms with E-state index >= 15 is 0 Å². The van der Waals surface area contributed by atoms with Crippen LogP contribution in [0.4, 0.5) is 13.2 Å². The van der Waals surface area contributed by atoms with Gasteiger partial charge >= 0.3 is 6.18 Å². The number of nitrogens with two attached hydrogens (primary N) is 1. The number of allylic oxidation sites excluding steroid dienone is 4. The van der Waals surface area contributed by atoms with Gasteiger partial charge in [0.1, 0.15) is 0 Å². The van der Waals surface area contributed by atoms with Gasteiger partial charge in [0, 0.05) is 5.70 Å². The maximum Gasteiger partial charge on any atom is 0.417 e. The molecule has 4 heteroatoms. The number of rotatable bonds is 2. The predicted molar refractivity (Wildman–Crippen MR) is 42.3 cm³/mol. The molecular weight excluding hydrogens is 167 g/mol. The molecule has 0 aliphatic carbocycles. The van der Waals surface area contributed by atoms with Crippen LogP contribution in [0.3, 0.4) is 0 Å². The summed E-state index contributed by atoms with van der Waals surface area (Å²) >= 11 is 0. The molecule has 0 aromatic heterocycles. The average molecular weight is 177 g/mol. The van der Waals surface area contributed by atoms with Crippen LogP contribution in [-0.2, 0) is 0 Å². The number of hydrogen-bond donors (Lipinski definition) is 1. The minimum Gasteiger partial charge on any atom is -0.398 e. The Hall–Kier alpha value is -1.19. The molecule has 0 aromatic carbocycles. The maximum atomic E-state index is 11.9. The second-order valence-corrected chi connectivity index (χ2v) is 2.12. The monoisotopic (exact) mass is 177 g/mol. The summed E-state index contributed by atoms with van der Waals surface area (Å²) in [7, 11) is 0. The average Bonchev–Trinajstić information content (AvgIpc) is 1.97. The fraction of sp³-hybridized carbons (Fsp3) is 0.250. The van der Waals surface area contributed by atoms with Gasteiger partial charge in [-0.1, -0.05) is 18.7 Å². The van der Waals surface area contributed by atoms with Crippen molar-refractivity contribution < 1.29 is 13.2 Å². The second kappa shape index (κ2) is 3.99. The van der Waals surface area contributed by atoms with Crippen LogP contribution in [0.1, 0.15) is 6.92 Å². The van der Waals surface area contributed by atoms with E-state index in [9.17, 15) is 13.2 Å². The highest BCUT2D eigenvalue weighted by Crippen LogP contribution is 2.27. The molecule has 0 saturated heterocycles. The van der Waals surface area contributed by atoms with Crippen molar-refractivity contribution in [3.8, 4) is 0 Å². The first-order valence-corrected chi connectivity index (χ1v) is 3.24. The van der Waals surface area contributed by atoms with Crippen molar-refractivity contribution in [2.45, 2.75) is 13.1 Å². The molecule has 0 rings (SSSR count). The first-order chi connectivity index (χ1) is 5.39. The zero-order valence-electron chi connectivity index (χ0n) is 6.65. The van der Waals surface area contributed by atoms with Crippen LogP contribution in [-0.4, -0.2) is 6.18 Å². The smallest absolute Gasteiger partial charge is 0.398 e. The lowest BCUT2D eigenvalue weighted by molar-refractivity contribution is -0.0890. The van der Waals surface area contributed by atoms with Crippen LogP contribution in [0.15, 0.2) is 36.1 Å². The van der Waals surface area contributed by atoms with Gasteiger partial charge in [-0.25, -0.2) is 0 Å². The highest BCUT2D eigenvalue weighted by Gasteiger charge is 2.32. The predicted octanol–water partition coefficient (Wildman–Crippen LogP) is 2.52. The van der Waals surface area contributed by atoms with Crippen LogP contribution in [0.25, 0.3) is 0 Å². The van der Waals surface area contributed by atoms with E-state index in [1.807, 2.05) is 0 Å². The molecule has 0 aliphatic heterocycles. The van der Waals surface area contributed by atoms with E-state index < -0.39 is 11.7 Å². The van der Waals surface area contributed by atoms with E-state index in [1.165, 1.54) is 6.08 Å². The van der Waals surface area contributed by atoms with Crippen molar-refractivity contribution in [1.29, 1.82) is 0 Å². The number of alkyl halides is 3. The molecule has 0 bridgehead atoms. The quantitative estimate of drug-likeness (QED) is 0.644. The van der Waals surface area contributed by atoms with Crippen molar-refractivity contribution >= 4 is 0 Å². The summed E-state index contributed by atoms with van der Waals surface area (Å²) in [6.07, 6.45) is -0.277. The Bertz CT molecular complexity index is 223. The maximum absolute atomic E-state index is 11.9. The van der Waals surface area contributed by atoms with Gasteiger partial charge in [0.25, 0.3) is 0 Å². The van der Waals surface area contributed by atoms with E-state index in [0.29, 0.717) is 0 Å².